The Bertz CT molecular complexity index is 604. The molecule has 2 rings (SSSR count). The van der Waals surface area contributed by atoms with Crippen LogP contribution in [0.4, 0.5) is 5.69 Å². The summed E-state index contributed by atoms with van der Waals surface area (Å²) in [5.41, 5.74) is 0.969. The first kappa shape index (κ1) is 13.7. The molecular weight excluding hydrogens is 258 g/mol. The predicted octanol–water partition coefficient (Wildman–Crippen LogP) is 2.33. The topological polar surface area (TPSA) is 96.0 Å². The van der Waals surface area contributed by atoms with E-state index in [9.17, 15) is 20.2 Å². The molecule has 1 heterocycles. The smallest absolute Gasteiger partial charge is 0.269 e. The molecule has 20 heavy (non-hydrogen) atoms. The maximum atomic E-state index is 12.3. The third kappa shape index (κ3) is 2.83. The normalized spacial score (nSPS) is 16.8. The second-order valence-corrected chi connectivity index (χ2v) is 4.48. The summed E-state index contributed by atoms with van der Waals surface area (Å²) in [5.74, 6) is -0.396. The van der Waals surface area contributed by atoms with Gasteiger partial charge in [0.25, 0.3) is 5.69 Å². The third-order valence-electron chi connectivity index (χ3n) is 3.17. The lowest BCUT2D eigenvalue weighted by Gasteiger charge is -2.17. The van der Waals surface area contributed by atoms with Crippen LogP contribution in [0.5, 0.6) is 0 Å². The van der Waals surface area contributed by atoms with Gasteiger partial charge < -0.3 is 5.32 Å². The summed E-state index contributed by atoms with van der Waals surface area (Å²) in [6.45, 7) is 0.758. The zero-order valence-corrected chi connectivity index (χ0v) is 10.8. The Morgan fingerprint density at radius 2 is 2.00 bits per heavy atom. The van der Waals surface area contributed by atoms with Gasteiger partial charge in [0.1, 0.15) is 11.6 Å². The number of nitrogens with zero attached hydrogens (tertiary/aromatic N) is 2. The van der Waals surface area contributed by atoms with Crippen molar-refractivity contribution in [3.8, 4) is 6.07 Å². The van der Waals surface area contributed by atoms with Crippen molar-refractivity contribution in [1.29, 1.82) is 5.26 Å². The van der Waals surface area contributed by atoms with E-state index in [1.165, 1.54) is 24.3 Å². The van der Waals surface area contributed by atoms with E-state index >= 15 is 0 Å². The Hall–Kier alpha value is -2.68. The predicted molar refractivity (Wildman–Crippen MR) is 71.9 cm³/mol. The van der Waals surface area contributed by atoms with E-state index in [1.54, 1.807) is 0 Å². The SMILES string of the molecule is N#C/C(C(=O)c1ccc([N+](=O)[O-])cc1)=C1\CCCCN1. The monoisotopic (exact) mass is 271 g/mol. The Morgan fingerprint density at radius 1 is 1.30 bits per heavy atom. The number of non-ortho nitro benzene ring substituents is 1. The van der Waals surface area contributed by atoms with E-state index in [2.05, 4.69) is 5.32 Å². The number of allylic oxidation sites excluding steroid dienone is 2. The van der Waals surface area contributed by atoms with Crippen LogP contribution in [-0.2, 0) is 0 Å². The number of nitrogens with one attached hydrogen (secondary N) is 1. The number of carbonyl (C=O) groups is 1. The van der Waals surface area contributed by atoms with Gasteiger partial charge in [0.05, 0.1) is 4.92 Å². The first-order chi connectivity index (χ1) is 9.63. The summed E-state index contributed by atoms with van der Waals surface area (Å²) >= 11 is 0. The fraction of sp³-hybridized carbons (Fsp3) is 0.286. The van der Waals surface area contributed by atoms with Gasteiger partial charge in [0.2, 0.25) is 5.78 Å². The van der Waals surface area contributed by atoms with Crippen LogP contribution in [0.2, 0.25) is 0 Å². The highest BCUT2D eigenvalue weighted by atomic mass is 16.6. The third-order valence-corrected chi connectivity index (χ3v) is 3.17. The summed E-state index contributed by atoms with van der Waals surface area (Å²) in [6, 6.07) is 7.22. The van der Waals surface area contributed by atoms with E-state index in [0.29, 0.717) is 12.1 Å². The second kappa shape index (κ2) is 5.97. The molecule has 1 aromatic carbocycles. The quantitative estimate of drug-likeness (QED) is 0.299. The van der Waals surface area contributed by atoms with Gasteiger partial charge in [-0.2, -0.15) is 5.26 Å². The fourth-order valence-electron chi connectivity index (χ4n) is 2.10. The number of hydrogen-bond acceptors (Lipinski definition) is 5. The summed E-state index contributed by atoms with van der Waals surface area (Å²) < 4.78 is 0. The number of nitro benzene ring substituents is 1. The molecule has 0 unspecified atom stereocenters. The van der Waals surface area contributed by atoms with Gasteiger partial charge in [-0.05, 0) is 31.4 Å². The summed E-state index contributed by atoms with van der Waals surface area (Å²) in [6.07, 6.45) is 2.65. The molecule has 0 aliphatic carbocycles. The first-order valence-electron chi connectivity index (χ1n) is 6.29. The number of carbonyl (C=O) groups excluding carboxylic acids is 1. The molecular formula is C14H13N3O3. The Morgan fingerprint density at radius 3 is 2.50 bits per heavy atom. The standard InChI is InChI=1S/C14H13N3O3/c15-9-12(13-3-1-2-8-16-13)14(18)10-4-6-11(7-5-10)17(19)20/h4-7,16H,1-3,8H2/b13-12-. The van der Waals surface area contributed by atoms with Gasteiger partial charge in [0, 0.05) is 29.9 Å². The largest absolute Gasteiger partial charge is 0.387 e. The molecule has 6 nitrogen and oxygen atoms in total. The van der Waals surface area contributed by atoms with Crippen molar-refractivity contribution >= 4 is 11.5 Å². The number of benzene rings is 1. The molecule has 1 aliphatic heterocycles. The maximum absolute atomic E-state index is 12.3. The van der Waals surface area contributed by atoms with Crippen molar-refractivity contribution in [3.63, 3.8) is 0 Å². The molecule has 1 aliphatic rings. The van der Waals surface area contributed by atoms with Crippen molar-refractivity contribution in [2.75, 3.05) is 6.54 Å². The van der Waals surface area contributed by atoms with Crippen LogP contribution in [0, 0.1) is 21.4 Å². The van der Waals surface area contributed by atoms with E-state index in [1.807, 2.05) is 6.07 Å². The Kier molecular flexibility index (Phi) is 4.11. The Balaban J connectivity index is 2.29. The second-order valence-electron chi connectivity index (χ2n) is 4.48. The highest BCUT2D eigenvalue weighted by Gasteiger charge is 2.19. The highest BCUT2D eigenvalue weighted by Crippen LogP contribution is 2.19. The lowest BCUT2D eigenvalue weighted by molar-refractivity contribution is -0.384. The number of piperidine rings is 1. The molecule has 1 fully saturated rings. The van der Waals surface area contributed by atoms with Crippen LogP contribution < -0.4 is 5.32 Å². The number of ketones is 1. The molecule has 0 bridgehead atoms. The maximum Gasteiger partial charge on any atom is 0.269 e. The van der Waals surface area contributed by atoms with E-state index in [-0.39, 0.29) is 16.8 Å². The van der Waals surface area contributed by atoms with Crippen molar-refractivity contribution in [2.45, 2.75) is 19.3 Å². The molecule has 0 amide bonds. The van der Waals surface area contributed by atoms with E-state index in [0.717, 1.165) is 19.4 Å². The molecule has 0 aromatic heterocycles. The summed E-state index contributed by atoms with van der Waals surface area (Å²) in [4.78, 5) is 22.3. The molecule has 102 valence electrons. The van der Waals surface area contributed by atoms with Gasteiger partial charge in [-0.25, -0.2) is 0 Å². The van der Waals surface area contributed by atoms with Crippen molar-refractivity contribution in [2.24, 2.45) is 0 Å². The van der Waals surface area contributed by atoms with Gasteiger partial charge in [-0.3, -0.25) is 14.9 Å². The average Bonchev–Trinajstić information content (AvgIpc) is 2.49. The van der Waals surface area contributed by atoms with Gasteiger partial charge in [-0.1, -0.05) is 0 Å². The van der Waals surface area contributed by atoms with Crippen LogP contribution in [-0.4, -0.2) is 17.3 Å². The van der Waals surface area contributed by atoms with E-state index < -0.39 is 10.7 Å². The molecule has 1 aromatic rings. The Labute approximate surface area is 115 Å². The minimum absolute atomic E-state index is 0.0801. The van der Waals surface area contributed by atoms with E-state index in [4.69, 9.17) is 0 Å². The number of Topliss-reactive ketones (excluding diaryl/α,β-unsaturated/α-hetero) is 1. The van der Waals surface area contributed by atoms with Crippen LogP contribution in [0.15, 0.2) is 35.5 Å². The summed E-state index contributed by atoms with van der Waals surface area (Å²) in [7, 11) is 0. The van der Waals surface area contributed by atoms with Crippen molar-refractivity contribution in [1.82, 2.24) is 5.32 Å². The molecule has 0 saturated carbocycles. The zero-order valence-electron chi connectivity index (χ0n) is 10.8. The van der Waals surface area contributed by atoms with Crippen molar-refractivity contribution in [3.05, 3.63) is 51.2 Å². The van der Waals surface area contributed by atoms with Crippen LogP contribution in [0.25, 0.3) is 0 Å². The van der Waals surface area contributed by atoms with Gasteiger partial charge in [0.15, 0.2) is 0 Å². The lowest BCUT2D eigenvalue weighted by atomic mass is 9.98. The molecule has 0 radical (unpaired) electrons. The average molecular weight is 271 g/mol. The van der Waals surface area contributed by atoms with Gasteiger partial charge >= 0.3 is 0 Å². The number of nitriles is 1. The van der Waals surface area contributed by atoms with Gasteiger partial charge in [-0.15, -0.1) is 0 Å². The minimum Gasteiger partial charge on any atom is -0.387 e. The van der Waals surface area contributed by atoms with Crippen LogP contribution in [0.3, 0.4) is 0 Å². The lowest BCUT2D eigenvalue weighted by Crippen LogP contribution is -2.23. The van der Waals surface area contributed by atoms with Crippen LogP contribution >= 0.6 is 0 Å². The zero-order chi connectivity index (χ0) is 14.5. The number of rotatable bonds is 3. The molecule has 0 spiro atoms. The fourth-order valence-corrected chi connectivity index (χ4v) is 2.10. The first-order valence-corrected chi connectivity index (χ1v) is 6.29. The van der Waals surface area contributed by atoms with Crippen LogP contribution in [0.1, 0.15) is 29.6 Å². The van der Waals surface area contributed by atoms with Crippen molar-refractivity contribution < 1.29 is 9.72 Å². The summed E-state index contributed by atoms with van der Waals surface area (Å²) in [5, 5.41) is 22.8. The number of nitro groups is 1. The molecule has 0 atom stereocenters. The molecule has 1 saturated heterocycles. The number of hydrogen-bond donors (Lipinski definition) is 1. The highest BCUT2D eigenvalue weighted by molar-refractivity contribution is 6.11. The molecule has 6 heteroatoms. The molecule has 1 N–H and O–H groups in total. The minimum atomic E-state index is -0.527.